The van der Waals surface area contributed by atoms with Crippen molar-refractivity contribution in [2.75, 3.05) is 5.32 Å². The third-order valence-corrected chi connectivity index (χ3v) is 4.38. The highest BCUT2D eigenvalue weighted by Gasteiger charge is 2.19. The number of H-pyrrole nitrogens is 1. The first-order chi connectivity index (χ1) is 10.5. The molecule has 7 heteroatoms. The normalized spacial score (nSPS) is 12.0. The van der Waals surface area contributed by atoms with E-state index < -0.39 is 0 Å². The average Bonchev–Trinajstić information content (AvgIpc) is 2.46. The van der Waals surface area contributed by atoms with E-state index in [-0.39, 0.29) is 16.7 Å². The second kappa shape index (κ2) is 7.47. The van der Waals surface area contributed by atoms with Gasteiger partial charge in [0.1, 0.15) is 0 Å². The summed E-state index contributed by atoms with van der Waals surface area (Å²) >= 11 is 7.06. The van der Waals surface area contributed by atoms with Gasteiger partial charge in [-0.1, -0.05) is 30.3 Å². The largest absolute Gasteiger partial charge is 0.325 e. The van der Waals surface area contributed by atoms with Gasteiger partial charge in [-0.15, -0.1) is 0 Å². The lowest BCUT2D eigenvalue weighted by molar-refractivity contribution is -0.115. The predicted octanol–water partition coefficient (Wildman–Crippen LogP) is 3.24. The topological polar surface area (TPSA) is 74.8 Å². The Morgan fingerprint density at radius 3 is 2.68 bits per heavy atom. The summed E-state index contributed by atoms with van der Waals surface area (Å²) in [6.45, 7) is 3.65. The van der Waals surface area contributed by atoms with Gasteiger partial charge in [-0.05, 0) is 37.6 Å². The zero-order valence-electron chi connectivity index (χ0n) is 12.2. The molecule has 1 aromatic heterocycles. The number of benzene rings is 1. The smallest absolute Gasteiger partial charge is 0.251 e. The molecule has 2 N–H and O–H groups in total. The summed E-state index contributed by atoms with van der Waals surface area (Å²) in [6, 6.07) is 8.32. The van der Waals surface area contributed by atoms with Crippen molar-refractivity contribution in [3.63, 3.8) is 0 Å². The third-order valence-electron chi connectivity index (χ3n) is 2.88. The van der Waals surface area contributed by atoms with Crippen molar-refractivity contribution in [3.8, 4) is 0 Å². The minimum absolute atomic E-state index is 0.140. The number of anilines is 1. The first-order valence-corrected chi connectivity index (χ1v) is 8.04. The van der Waals surface area contributed by atoms with Crippen LogP contribution in [0, 0.1) is 6.92 Å². The van der Waals surface area contributed by atoms with Crippen LogP contribution in [0.2, 0.25) is 5.02 Å². The lowest BCUT2D eigenvalue weighted by Gasteiger charge is -2.14. The molecule has 0 spiro atoms. The zero-order chi connectivity index (χ0) is 16.1. The molecule has 1 amide bonds. The molecule has 0 saturated heterocycles. The Balaban J connectivity index is 2.08. The number of hydrogen-bond donors (Lipinski definition) is 2. The van der Waals surface area contributed by atoms with Crippen LogP contribution >= 0.6 is 23.4 Å². The van der Waals surface area contributed by atoms with Crippen molar-refractivity contribution in [1.82, 2.24) is 9.97 Å². The van der Waals surface area contributed by atoms with Crippen molar-refractivity contribution >= 4 is 35.0 Å². The number of thioether (sulfide) groups is 1. The number of aromatic nitrogens is 2. The highest BCUT2D eigenvalue weighted by molar-refractivity contribution is 8.00. The van der Waals surface area contributed by atoms with E-state index in [1.54, 1.807) is 31.2 Å². The molecule has 0 bridgehead atoms. The van der Waals surface area contributed by atoms with Crippen LogP contribution in [0.1, 0.15) is 19.0 Å². The van der Waals surface area contributed by atoms with Crippen LogP contribution in [0.3, 0.4) is 0 Å². The monoisotopic (exact) mass is 337 g/mol. The molecule has 0 saturated carbocycles. The molecule has 0 fully saturated rings. The number of halogens is 1. The molecule has 0 aliphatic heterocycles. The van der Waals surface area contributed by atoms with E-state index >= 15 is 0 Å². The Hall–Kier alpha value is -1.79. The molecule has 0 aliphatic rings. The van der Waals surface area contributed by atoms with Gasteiger partial charge in [-0.25, -0.2) is 4.98 Å². The predicted molar refractivity (Wildman–Crippen MR) is 89.6 cm³/mol. The highest BCUT2D eigenvalue weighted by atomic mass is 35.5. The van der Waals surface area contributed by atoms with Gasteiger partial charge in [-0.2, -0.15) is 0 Å². The lowest BCUT2D eigenvalue weighted by Crippen LogP contribution is -2.25. The van der Waals surface area contributed by atoms with Crippen molar-refractivity contribution < 1.29 is 4.79 Å². The van der Waals surface area contributed by atoms with Crippen molar-refractivity contribution in [3.05, 3.63) is 51.4 Å². The van der Waals surface area contributed by atoms with Gasteiger partial charge >= 0.3 is 0 Å². The van der Waals surface area contributed by atoms with Crippen LogP contribution in [-0.4, -0.2) is 21.1 Å². The van der Waals surface area contributed by atoms with Crippen LogP contribution in [0.25, 0.3) is 0 Å². The fourth-order valence-electron chi connectivity index (χ4n) is 1.82. The number of carbonyl (C=O) groups is 1. The van der Waals surface area contributed by atoms with E-state index in [2.05, 4.69) is 15.3 Å². The van der Waals surface area contributed by atoms with Gasteiger partial charge in [0.15, 0.2) is 5.16 Å². The van der Waals surface area contributed by atoms with E-state index in [1.807, 2.05) is 6.92 Å². The maximum Gasteiger partial charge on any atom is 0.251 e. The third kappa shape index (κ3) is 4.61. The maximum atomic E-state index is 12.3. The number of amides is 1. The van der Waals surface area contributed by atoms with Gasteiger partial charge in [0.2, 0.25) is 5.91 Å². The molecule has 2 aromatic rings. The number of nitrogens with zero attached hydrogens (tertiary/aromatic N) is 1. The maximum absolute atomic E-state index is 12.3. The fourth-order valence-corrected chi connectivity index (χ4v) is 2.90. The Morgan fingerprint density at radius 2 is 2.09 bits per heavy atom. The number of aryl methyl sites for hydroxylation is 1. The number of hydrogen-bond acceptors (Lipinski definition) is 4. The second-order valence-corrected chi connectivity index (χ2v) is 6.33. The molecule has 1 aromatic carbocycles. The van der Waals surface area contributed by atoms with Gasteiger partial charge in [0.05, 0.1) is 5.25 Å². The van der Waals surface area contributed by atoms with Crippen LogP contribution in [0.5, 0.6) is 0 Å². The number of aromatic amines is 1. The average molecular weight is 338 g/mol. The van der Waals surface area contributed by atoms with Crippen LogP contribution in [-0.2, 0) is 4.79 Å². The van der Waals surface area contributed by atoms with E-state index in [9.17, 15) is 9.59 Å². The lowest BCUT2D eigenvalue weighted by atomic mass is 10.3. The molecule has 2 rings (SSSR count). The van der Waals surface area contributed by atoms with Gasteiger partial charge in [-0.3, -0.25) is 9.59 Å². The minimum Gasteiger partial charge on any atom is -0.325 e. The Morgan fingerprint density at radius 1 is 1.41 bits per heavy atom. The quantitative estimate of drug-likeness (QED) is 0.648. The van der Waals surface area contributed by atoms with Crippen molar-refractivity contribution in [2.45, 2.75) is 30.7 Å². The molecule has 22 heavy (non-hydrogen) atoms. The number of rotatable bonds is 5. The van der Waals surface area contributed by atoms with E-state index in [0.29, 0.717) is 28.0 Å². The number of carbonyl (C=O) groups excluding carboxylic acids is 1. The summed E-state index contributed by atoms with van der Waals surface area (Å²) < 4.78 is 0. The van der Waals surface area contributed by atoms with Gasteiger partial charge in [0.25, 0.3) is 5.56 Å². The summed E-state index contributed by atoms with van der Waals surface area (Å²) in [6.07, 6.45) is 0.613. The fraction of sp³-hybridized carbons (Fsp3) is 0.267. The van der Waals surface area contributed by atoms with Crippen LogP contribution < -0.4 is 10.9 Å². The molecule has 1 heterocycles. The summed E-state index contributed by atoms with van der Waals surface area (Å²) in [5, 5.41) is 3.54. The van der Waals surface area contributed by atoms with E-state index in [1.165, 1.54) is 17.8 Å². The summed E-state index contributed by atoms with van der Waals surface area (Å²) in [4.78, 5) is 30.6. The molecule has 1 unspecified atom stereocenters. The molecule has 0 aliphatic carbocycles. The van der Waals surface area contributed by atoms with E-state index in [4.69, 9.17) is 11.6 Å². The Bertz CT molecular complexity index is 715. The highest BCUT2D eigenvalue weighted by Crippen LogP contribution is 2.23. The summed E-state index contributed by atoms with van der Waals surface area (Å²) in [5.41, 5.74) is 1.08. The summed E-state index contributed by atoms with van der Waals surface area (Å²) in [5.74, 6) is -0.140. The molecular formula is C15H16ClN3O2S. The van der Waals surface area contributed by atoms with E-state index in [0.717, 1.165) is 0 Å². The first kappa shape index (κ1) is 16.6. The SMILES string of the molecule is CCC(Sc1nc(C)cc(=O)[nH]1)C(=O)Nc1ccc(Cl)cc1. The second-order valence-electron chi connectivity index (χ2n) is 4.70. The van der Waals surface area contributed by atoms with Crippen molar-refractivity contribution in [1.29, 1.82) is 0 Å². The first-order valence-electron chi connectivity index (χ1n) is 6.79. The Kier molecular flexibility index (Phi) is 5.63. The molecule has 116 valence electrons. The summed E-state index contributed by atoms with van der Waals surface area (Å²) in [7, 11) is 0. The number of nitrogens with one attached hydrogen (secondary N) is 2. The van der Waals surface area contributed by atoms with Gasteiger partial charge < -0.3 is 10.3 Å². The van der Waals surface area contributed by atoms with Crippen LogP contribution in [0.15, 0.2) is 40.3 Å². The minimum atomic E-state index is -0.347. The standard InChI is InChI=1S/C15H16ClN3O2S/c1-3-12(22-15-17-9(2)8-13(20)19-15)14(21)18-11-6-4-10(16)5-7-11/h4-8,12H,3H2,1-2H3,(H,18,21)(H,17,19,20). The zero-order valence-corrected chi connectivity index (χ0v) is 13.8. The Labute approximate surface area is 137 Å². The molecule has 5 nitrogen and oxygen atoms in total. The molecular weight excluding hydrogens is 322 g/mol. The van der Waals surface area contributed by atoms with Crippen molar-refractivity contribution in [2.24, 2.45) is 0 Å². The molecule has 1 atom stereocenters. The van der Waals surface area contributed by atoms with Gasteiger partial charge in [0, 0.05) is 22.5 Å². The van der Waals surface area contributed by atoms with Crippen LogP contribution in [0.4, 0.5) is 5.69 Å². The molecule has 0 radical (unpaired) electrons.